The minimum atomic E-state index is -3.87. The molecule has 0 aliphatic carbocycles. The fourth-order valence-corrected chi connectivity index (χ4v) is 5.92. The summed E-state index contributed by atoms with van der Waals surface area (Å²) in [7, 11) is -0.894. The van der Waals surface area contributed by atoms with Gasteiger partial charge in [0.05, 0.1) is 36.8 Å². The quantitative estimate of drug-likeness (QED) is 0.327. The van der Waals surface area contributed by atoms with Gasteiger partial charge in [-0.15, -0.1) is 0 Å². The molecule has 14 heteroatoms. The standard InChI is InChI=1S/C29H37N5O8S/c1-17-14-34(18(2)16-35)28(36)24-13-21(30-29(37)31-27-19(3)32-42-20(27)4)7-12-25(24)41-26(17)15-33(5)43(38,39)23-10-8-22(40-6)9-11-23/h7-13,17-18,26,35H,14-16H2,1-6H3,(H2,30,31,37)/t17-,18-,26-/m1/s1. The predicted molar refractivity (Wildman–Crippen MR) is 159 cm³/mol. The summed E-state index contributed by atoms with van der Waals surface area (Å²) in [6.07, 6.45) is -0.653. The highest BCUT2D eigenvalue weighted by atomic mass is 32.2. The van der Waals surface area contributed by atoms with E-state index in [2.05, 4.69) is 15.8 Å². The lowest BCUT2D eigenvalue weighted by atomic mass is 9.99. The molecule has 1 aliphatic rings. The molecule has 0 unspecified atom stereocenters. The third kappa shape index (κ3) is 6.92. The number of carbonyl (C=O) groups excluding carboxylic acids is 2. The maximum absolute atomic E-state index is 13.7. The number of aryl methyl sites for hydroxylation is 2. The van der Waals surface area contributed by atoms with Crippen LogP contribution in [0.15, 0.2) is 51.9 Å². The van der Waals surface area contributed by atoms with Gasteiger partial charge in [-0.1, -0.05) is 12.1 Å². The van der Waals surface area contributed by atoms with Crippen LogP contribution in [0.4, 0.5) is 16.2 Å². The molecular formula is C29H37N5O8S. The summed E-state index contributed by atoms with van der Waals surface area (Å²) in [6, 6.07) is 9.64. The molecule has 232 valence electrons. The van der Waals surface area contributed by atoms with Crippen molar-refractivity contribution in [2.45, 2.75) is 44.7 Å². The van der Waals surface area contributed by atoms with Gasteiger partial charge in [-0.2, -0.15) is 4.31 Å². The zero-order valence-corrected chi connectivity index (χ0v) is 25.8. The van der Waals surface area contributed by atoms with Crippen LogP contribution in [0.25, 0.3) is 0 Å². The average molecular weight is 616 g/mol. The van der Waals surface area contributed by atoms with E-state index in [1.165, 1.54) is 41.6 Å². The number of aliphatic hydroxyl groups is 1. The number of benzene rings is 2. The monoisotopic (exact) mass is 615 g/mol. The third-order valence-corrected chi connectivity index (χ3v) is 9.24. The zero-order chi connectivity index (χ0) is 31.5. The maximum Gasteiger partial charge on any atom is 0.323 e. The number of fused-ring (bicyclic) bond motifs is 1. The van der Waals surface area contributed by atoms with Gasteiger partial charge in [-0.25, -0.2) is 13.2 Å². The van der Waals surface area contributed by atoms with Crippen LogP contribution in [-0.2, 0) is 10.0 Å². The molecule has 1 aromatic heterocycles. The smallest absolute Gasteiger partial charge is 0.323 e. The highest BCUT2D eigenvalue weighted by Gasteiger charge is 2.35. The van der Waals surface area contributed by atoms with Gasteiger partial charge in [-0.05, 0) is 63.2 Å². The fourth-order valence-electron chi connectivity index (χ4n) is 4.73. The molecule has 2 heterocycles. The van der Waals surface area contributed by atoms with E-state index in [-0.39, 0.29) is 41.8 Å². The Bertz CT molecular complexity index is 1550. The molecule has 3 aromatic rings. The Balaban J connectivity index is 1.61. The molecule has 0 spiro atoms. The van der Waals surface area contributed by atoms with Crippen molar-refractivity contribution < 1.29 is 37.1 Å². The highest BCUT2D eigenvalue weighted by molar-refractivity contribution is 7.89. The second-order valence-corrected chi connectivity index (χ2v) is 12.6. The number of anilines is 2. The minimum absolute atomic E-state index is 0.00957. The van der Waals surface area contributed by atoms with E-state index >= 15 is 0 Å². The molecular weight excluding hydrogens is 578 g/mol. The molecule has 2 aromatic carbocycles. The number of carbonyl (C=O) groups is 2. The number of sulfonamides is 1. The molecule has 43 heavy (non-hydrogen) atoms. The van der Waals surface area contributed by atoms with Crippen molar-refractivity contribution in [2.75, 3.05) is 44.5 Å². The van der Waals surface area contributed by atoms with Crippen LogP contribution in [0, 0.1) is 19.8 Å². The van der Waals surface area contributed by atoms with Crippen molar-refractivity contribution in [3.05, 3.63) is 59.5 Å². The molecule has 4 rings (SSSR count). The summed E-state index contributed by atoms with van der Waals surface area (Å²) in [6.45, 7) is 6.87. The van der Waals surface area contributed by atoms with E-state index in [4.69, 9.17) is 14.0 Å². The second kappa shape index (κ2) is 13.0. The van der Waals surface area contributed by atoms with Crippen LogP contribution in [0.5, 0.6) is 11.5 Å². The first-order valence-corrected chi connectivity index (χ1v) is 15.1. The number of hydrogen-bond acceptors (Lipinski definition) is 9. The van der Waals surface area contributed by atoms with E-state index in [1.54, 1.807) is 45.0 Å². The number of nitrogens with one attached hydrogen (secondary N) is 2. The van der Waals surface area contributed by atoms with E-state index in [1.807, 2.05) is 6.92 Å². The van der Waals surface area contributed by atoms with Gasteiger partial charge < -0.3 is 34.6 Å². The van der Waals surface area contributed by atoms with Crippen molar-refractivity contribution in [3.63, 3.8) is 0 Å². The Labute approximate surface area is 250 Å². The summed E-state index contributed by atoms with van der Waals surface area (Å²) < 4.78 is 44.5. The van der Waals surface area contributed by atoms with E-state index < -0.39 is 34.1 Å². The number of ether oxygens (including phenoxy) is 2. The number of hydrogen-bond donors (Lipinski definition) is 3. The van der Waals surface area contributed by atoms with E-state index in [0.29, 0.717) is 28.6 Å². The normalized spacial score (nSPS) is 17.9. The summed E-state index contributed by atoms with van der Waals surface area (Å²) in [4.78, 5) is 28.1. The van der Waals surface area contributed by atoms with Gasteiger partial charge in [0.15, 0.2) is 5.76 Å². The summed E-state index contributed by atoms with van der Waals surface area (Å²) >= 11 is 0. The Morgan fingerprint density at radius 1 is 1.21 bits per heavy atom. The summed E-state index contributed by atoms with van der Waals surface area (Å²) in [5.41, 5.74) is 1.44. The molecule has 0 radical (unpaired) electrons. The van der Waals surface area contributed by atoms with Crippen LogP contribution in [-0.4, -0.2) is 85.8 Å². The van der Waals surface area contributed by atoms with Crippen molar-refractivity contribution in [3.8, 4) is 11.5 Å². The Hall–Kier alpha value is -4.14. The number of aliphatic hydroxyl groups excluding tert-OH is 1. The SMILES string of the molecule is COc1ccc(S(=O)(=O)N(C)C[C@H]2Oc3ccc(NC(=O)Nc4c(C)noc4C)cc3C(=O)N([C@H](C)CO)C[C@H]2C)cc1. The Morgan fingerprint density at radius 2 is 1.91 bits per heavy atom. The van der Waals surface area contributed by atoms with Crippen LogP contribution < -0.4 is 20.1 Å². The van der Waals surface area contributed by atoms with Gasteiger partial charge in [0.25, 0.3) is 5.91 Å². The first kappa shape index (κ1) is 31.8. The van der Waals surface area contributed by atoms with Crippen molar-refractivity contribution in [1.29, 1.82) is 0 Å². The van der Waals surface area contributed by atoms with E-state index in [0.717, 1.165) is 0 Å². The molecule has 0 fully saturated rings. The van der Waals surface area contributed by atoms with Gasteiger partial charge in [0.2, 0.25) is 10.0 Å². The maximum atomic E-state index is 13.7. The summed E-state index contributed by atoms with van der Waals surface area (Å²) in [5, 5.41) is 19.1. The van der Waals surface area contributed by atoms with Crippen molar-refractivity contribution in [2.24, 2.45) is 5.92 Å². The van der Waals surface area contributed by atoms with Crippen LogP contribution in [0.2, 0.25) is 0 Å². The van der Waals surface area contributed by atoms with Crippen molar-refractivity contribution >= 4 is 33.3 Å². The third-order valence-electron chi connectivity index (χ3n) is 7.40. The predicted octanol–water partition coefficient (Wildman–Crippen LogP) is 3.48. The Kier molecular flexibility index (Phi) is 9.62. The number of rotatable bonds is 9. The molecule has 0 saturated carbocycles. The van der Waals surface area contributed by atoms with E-state index in [9.17, 15) is 23.1 Å². The number of methoxy groups -OCH3 is 1. The van der Waals surface area contributed by atoms with Crippen LogP contribution in [0.3, 0.4) is 0 Å². The lowest BCUT2D eigenvalue weighted by molar-refractivity contribution is 0.0387. The number of urea groups is 1. The lowest BCUT2D eigenvalue weighted by Gasteiger charge is -2.38. The topological polar surface area (TPSA) is 164 Å². The molecule has 3 N–H and O–H groups in total. The van der Waals surface area contributed by atoms with Crippen LogP contribution >= 0.6 is 0 Å². The van der Waals surface area contributed by atoms with Gasteiger partial charge in [0, 0.05) is 25.2 Å². The molecule has 1 aliphatic heterocycles. The second-order valence-electron chi connectivity index (χ2n) is 10.6. The molecule has 0 saturated heterocycles. The first-order valence-electron chi connectivity index (χ1n) is 13.7. The average Bonchev–Trinajstić information content (AvgIpc) is 3.30. The number of amides is 3. The lowest BCUT2D eigenvalue weighted by Crippen LogP contribution is -2.50. The summed E-state index contributed by atoms with van der Waals surface area (Å²) in [5.74, 6) is 0.507. The van der Waals surface area contributed by atoms with Crippen molar-refractivity contribution in [1.82, 2.24) is 14.4 Å². The minimum Gasteiger partial charge on any atom is -0.497 e. The van der Waals surface area contributed by atoms with Gasteiger partial charge in [-0.3, -0.25) is 4.79 Å². The van der Waals surface area contributed by atoms with Gasteiger partial charge in [0.1, 0.15) is 29.0 Å². The number of nitrogens with zero attached hydrogens (tertiary/aromatic N) is 3. The Morgan fingerprint density at radius 3 is 2.51 bits per heavy atom. The first-order chi connectivity index (χ1) is 20.3. The molecule has 13 nitrogen and oxygen atoms in total. The number of likely N-dealkylation sites (N-methyl/N-ethyl adjacent to an activating group) is 1. The fraction of sp³-hybridized carbons (Fsp3) is 0.414. The van der Waals surface area contributed by atoms with Crippen LogP contribution in [0.1, 0.15) is 35.7 Å². The van der Waals surface area contributed by atoms with Gasteiger partial charge >= 0.3 is 6.03 Å². The molecule has 3 atom stereocenters. The highest BCUT2D eigenvalue weighted by Crippen LogP contribution is 2.31. The largest absolute Gasteiger partial charge is 0.497 e. The molecule has 0 bridgehead atoms. The zero-order valence-electron chi connectivity index (χ0n) is 24.9. The number of aromatic nitrogens is 1. The molecule has 3 amide bonds.